The fourth-order valence-electron chi connectivity index (χ4n) is 3.03. The van der Waals surface area contributed by atoms with Gasteiger partial charge in [0.05, 0.1) is 18.8 Å². The first-order valence-corrected chi connectivity index (χ1v) is 9.45. The van der Waals surface area contributed by atoms with Gasteiger partial charge in [-0.3, -0.25) is 4.79 Å². The van der Waals surface area contributed by atoms with Gasteiger partial charge in [0.1, 0.15) is 0 Å². The van der Waals surface area contributed by atoms with Crippen LogP contribution in [-0.4, -0.2) is 49.2 Å². The Hall–Kier alpha value is -2.93. The predicted molar refractivity (Wildman–Crippen MR) is 103 cm³/mol. The van der Waals surface area contributed by atoms with E-state index in [0.717, 1.165) is 12.0 Å². The van der Waals surface area contributed by atoms with Crippen molar-refractivity contribution in [2.24, 2.45) is 0 Å². The van der Waals surface area contributed by atoms with Crippen LogP contribution in [0.25, 0.3) is 0 Å². The summed E-state index contributed by atoms with van der Waals surface area (Å²) in [5.74, 6) is -0.0103. The number of aromatic nitrogens is 1. The van der Waals surface area contributed by atoms with Gasteiger partial charge >= 0.3 is 6.09 Å². The second-order valence-electron chi connectivity index (χ2n) is 6.80. The maximum Gasteiger partial charge on any atom is 0.412 e. The van der Waals surface area contributed by atoms with Gasteiger partial charge in [-0.05, 0) is 18.9 Å². The van der Waals surface area contributed by atoms with Gasteiger partial charge in [0, 0.05) is 31.3 Å². The summed E-state index contributed by atoms with van der Waals surface area (Å²) in [4.78, 5) is 26.2. The summed E-state index contributed by atoms with van der Waals surface area (Å²) in [5, 5.41) is 2.82. The third kappa shape index (κ3) is 5.79. The molecule has 2 heterocycles. The summed E-state index contributed by atoms with van der Waals surface area (Å²) in [7, 11) is 0. The first kappa shape index (κ1) is 19.8. The molecule has 0 radical (unpaired) electrons. The molecule has 2 amide bonds. The number of morpholine rings is 1. The molecular formula is C21H26N3O4+. The SMILES string of the molecule is C[C@@H](Cc1ccccc1)NC(=O)OC[n+]1ccc(C(=O)N2CCOCC2)cc1. The Kier molecular flexibility index (Phi) is 6.97. The first-order chi connectivity index (χ1) is 13.6. The largest absolute Gasteiger partial charge is 0.412 e. The maximum atomic E-state index is 12.4. The molecule has 0 aliphatic carbocycles. The summed E-state index contributed by atoms with van der Waals surface area (Å²) < 4.78 is 12.2. The third-order valence-corrected chi connectivity index (χ3v) is 4.53. The molecule has 0 spiro atoms. The Morgan fingerprint density at radius 3 is 2.50 bits per heavy atom. The van der Waals surface area contributed by atoms with Crippen LogP contribution in [0.5, 0.6) is 0 Å². The van der Waals surface area contributed by atoms with Crippen molar-refractivity contribution in [2.75, 3.05) is 26.3 Å². The normalized spacial score (nSPS) is 15.0. The van der Waals surface area contributed by atoms with E-state index in [0.29, 0.717) is 31.9 Å². The predicted octanol–water partition coefficient (Wildman–Crippen LogP) is 1.76. The molecular weight excluding hydrogens is 358 g/mol. The third-order valence-electron chi connectivity index (χ3n) is 4.53. The van der Waals surface area contributed by atoms with E-state index in [1.54, 1.807) is 34.0 Å². The van der Waals surface area contributed by atoms with Crippen LogP contribution in [0, 0.1) is 0 Å². The Morgan fingerprint density at radius 1 is 1.14 bits per heavy atom. The minimum Gasteiger partial charge on any atom is -0.388 e. The van der Waals surface area contributed by atoms with Crippen molar-refractivity contribution in [1.82, 2.24) is 10.2 Å². The highest BCUT2D eigenvalue weighted by atomic mass is 16.6. The Labute approximate surface area is 164 Å². The zero-order chi connectivity index (χ0) is 19.8. The Balaban J connectivity index is 1.43. The van der Waals surface area contributed by atoms with E-state index in [1.807, 2.05) is 37.3 Å². The van der Waals surface area contributed by atoms with Gasteiger partial charge in [-0.25, -0.2) is 4.79 Å². The smallest absolute Gasteiger partial charge is 0.388 e. The quantitative estimate of drug-likeness (QED) is 0.771. The zero-order valence-corrected chi connectivity index (χ0v) is 16.0. The van der Waals surface area contributed by atoms with E-state index in [-0.39, 0.29) is 18.7 Å². The second kappa shape index (κ2) is 9.85. The highest BCUT2D eigenvalue weighted by Gasteiger charge is 2.19. The standard InChI is InChI=1S/C21H25N3O4/c1-17(15-18-5-3-2-4-6-18)22-21(26)28-16-23-9-7-19(8-10-23)20(25)24-11-13-27-14-12-24/h2-10,17H,11-16H2,1H3/p+1/t17-/m0/s1. The van der Waals surface area contributed by atoms with Gasteiger partial charge in [-0.1, -0.05) is 30.3 Å². The van der Waals surface area contributed by atoms with Crippen molar-refractivity contribution in [1.29, 1.82) is 0 Å². The summed E-state index contributed by atoms with van der Waals surface area (Å²) in [6.07, 6.45) is 3.73. The van der Waals surface area contributed by atoms with Gasteiger partial charge in [0.2, 0.25) is 0 Å². The maximum absolute atomic E-state index is 12.4. The molecule has 0 unspecified atom stereocenters. The zero-order valence-electron chi connectivity index (χ0n) is 16.0. The van der Waals surface area contributed by atoms with E-state index < -0.39 is 6.09 Å². The van der Waals surface area contributed by atoms with E-state index in [2.05, 4.69) is 5.32 Å². The lowest BCUT2D eigenvalue weighted by molar-refractivity contribution is -0.727. The molecule has 2 aromatic rings. The number of alkyl carbamates (subject to hydrolysis) is 1. The van der Waals surface area contributed by atoms with Gasteiger partial charge < -0.3 is 19.7 Å². The molecule has 1 aromatic carbocycles. The lowest BCUT2D eigenvalue weighted by atomic mass is 10.1. The first-order valence-electron chi connectivity index (χ1n) is 9.45. The molecule has 1 aliphatic rings. The summed E-state index contributed by atoms with van der Waals surface area (Å²) in [5.41, 5.74) is 1.77. The number of benzene rings is 1. The van der Waals surface area contributed by atoms with Crippen LogP contribution in [-0.2, 0) is 22.6 Å². The number of hydrogen-bond donors (Lipinski definition) is 1. The molecule has 7 nitrogen and oxygen atoms in total. The van der Waals surface area contributed by atoms with Gasteiger partial charge in [-0.2, -0.15) is 4.57 Å². The average molecular weight is 384 g/mol. The molecule has 1 N–H and O–H groups in total. The molecule has 0 bridgehead atoms. The van der Waals surface area contributed by atoms with Crippen molar-refractivity contribution in [2.45, 2.75) is 26.1 Å². The van der Waals surface area contributed by atoms with E-state index in [9.17, 15) is 9.59 Å². The average Bonchev–Trinajstić information content (AvgIpc) is 2.73. The van der Waals surface area contributed by atoms with Crippen LogP contribution in [0.15, 0.2) is 54.9 Å². The van der Waals surface area contributed by atoms with Crippen molar-refractivity contribution in [3.05, 3.63) is 66.0 Å². The summed E-state index contributed by atoms with van der Waals surface area (Å²) in [6.45, 7) is 4.38. The monoisotopic (exact) mass is 384 g/mol. The van der Waals surface area contributed by atoms with E-state index >= 15 is 0 Å². The lowest BCUT2D eigenvalue weighted by Crippen LogP contribution is -2.42. The number of carbonyl (C=O) groups is 2. The van der Waals surface area contributed by atoms with E-state index in [4.69, 9.17) is 9.47 Å². The molecule has 3 rings (SSSR count). The van der Waals surface area contributed by atoms with E-state index in [1.165, 1.54) is 0 Å². The Bertz CT molecular complexity index is 774. The summed E-state index contributed by atoms with van der Waals surface area (Å²) in [6, 6.07) is 13.4. The topological polar surface area (TPSA) is 71.8 Å². The molecule has 1 aromatic heterocycles. The molecule has 148 valence electrons. The van der Waals surface area contributed by atoms with Crippen LogP contribution in [0.2, 0.25) is 0 Å². The molecule has 1 saturated heterocycles. The number of hydrogen-bond acceptors (Lipinski definition) is 4. The number of nitrogens with zero attached hydrogens (tertiary/aromatic N) is 2. The molecule has 1 atom stereocenters. The highest BCUT2D eigenvalue weighted by Crippen LogP contribution is 2.06. The van der Waals surface area contributed by atoms with Crippen LogP contribution in [0.4, 0.5) is 4.79 Å². The van der Waals surface area contributed by atoms with Crippen LogP contribution in [0.3, 0.4) is 0 Å². The molecule has 7 heteroatoms. The van der Waals surface area contributed by atoms with Crippen LogP contribution >= 0.6 is 0 Å². The van der Waals surface area contributed by atoms with Crippen molar-refractivity contribution >= 4 is 12.0 Å². The van der Waals surface area contributed by atoms with Crippen molar-refractivity contribution in [3.8, 4) is 0 Å². The number of amides is 2. The fraction of sp³-hybridized carbons (Fsp3) is 0.381. The summed E-state index contributed by atoms with van der Waals surface area (Å²) >= 11 is 0. The minimum absolute atomic E-state index is 0.0103. The van der Waals surface area contributed by atoms with Crippen molar-refractivity contribution < 1.29 is 23.6 Å². The molecule has 28 heavy (non-hydrogen) atoms. The Morgan fingerprint density at radius 2 is 1.82 bits per heavy atom. The number of ether oxygens (including phenoxy) is 2. The van der Waals surface area contributed by atoms with Gasteiger partial charge in [-0.15, -0.1) is 0 Å². The van der Waals surface area contributed by atoms with Crippen molar-refractivity contribution in [3.63, 3.8) is 0 Å². The van der Waals surface area contributed by atoms with Crippen LogP contribution < -0.4 is 9.88 Å². The minimum atomic E-state index is -0.468. The molecule has 1 fully saturated rings. The molecule has 0 saturated carbocycles. The van der Waals surface area contributed by atoms with Gasteiger partial charge in [0.15, 0.2) is 12.4 Å². The fourth-order valence-corrected chi connectivity index (χ4v) is 3.03. The second-order valence-corrected chi connectivity index (χ2v) is 6.80. The number of nitrogens with one attached hydrogen (secondary N) is 1. The lowest BCUT2D eigenvalue weighted by Gasteiger charge is -2.26. The van der Waals surface area contributed by atoms with Crippen LogP contribution in [0.1, 0.15) is 22.8 Å². The van der Waals surface area contributed by atoms with Gasteiger partial charge in [0.25, 0.3) is 12.6 Å². The highest BCUT2D eigenvalue weighted by molar-refractivity contribution is 5.94. The number of pyridine rings is 1. The number of carbonyl (C=O) groups excluding carboxylic acids is 2. The molecule has 1 aliphatic heterocycles. The number of rotatable bonds is 6.